The fourth-order valence-electron chi connectivity index (χ4n) is 7.14. The molecule has 3 aliphatic heterocycles. The van der Waals surface area contributed by atoms with Gasteiger partial charge in [0, 0.05) is 31.6 Å². The summed E-state index contributed by atoms with van der Waals surface area (Å²) in [6, 6.07) is 2.72. The van der Waals surface area contributed by atoms with Gasteiger partial charge in [-0.25, -0.2) is 0 Å². The van der Waals surface area contributed by atoms with Crippen molar-refractivity contribution in [2.45, 2.75) is 116 Å². The minimum absolute atomic E-state index is 0.280. The summed E-state index contributed by atoms with van der Waals surface area (Å²) in [7, 11) is 0. The normalized spacial score (nSPS) is 40.5. The van der Waals surface area contributed by atoms with E-state index in [0.717, 1.165) is 37.0 Å². The smallest absolute Gasteiger partial charge is 0.219 e. The van der Waals surface area contributed by atoms with Gasteiger partial charge in [-0.2, -0.15) is 0 Å². The molecule has 3 nitrogen and oxygen atoms in total. The van der Waals surface area contributed by atoms with Gasteiger partial charge >= 0.3 is 0 Å². The Kier molecular flexibility index (Phi) is 5.69. The SMILES string of the molecule is CC(=O)N1CCCC2=C(C[C@@H]3CCC[C@H]4C[C@H](C)C[C@@H](C)N34)C[C@H](C)C[C@@H]21. The first-order valence-corrected chi connectivity index (χ1v) is 11.7. The quantitative estimate of drug-likeness (QED) is 0.625. The van der Waals surface area contributed by atoms with E-state index in [1.165, 1.54) is 57.8 Å². The molecule has 152 valence electrons. The lowest BCUT2D eigenvalue weighted by molar-refractivity contribution is -0.131. The largest absolute Gasteiger partial charge is 0.336 e. The first-order valence-electron chi connectivity index (χ1n) is 11.7. The van der Waals surface area contributed by atoms with Gasteiger partial charge in [0.15, 0.2) is 0 Å². The monoisotopic (exact) mass is 372 g/mol. The fourth-order valence-corrected chi connectivity index (χ4v) is 7.14. The summed E-state index contributed by atoms with van der Waals surface area (Å²) in [4.78, 5) is 17.3. The fraction of sp³-hybridized carbons (Fsp3) is 0.875. The van der Waals surface area contributed by atoms with Crippen LogP contribution in [0.5, 0.6) is 0 Å². The molecule has 4 aliphatic rings. The molecule has 0 spiro atoms. The summed E-state index contributed by atoms with van der Waals surface area (Å²) in [5.41, 5.74) is 3.40. The molecule has 0 N–H and O–H groups in total. The Labute approximate surface area is 166 Å². The van der Waals surface area contributed by atoms with Crippen molar-refractivity contribution in [3.63, 3.8) is 0 Å². The lowest BCUT2D eigenvalue weighted by Gasteiger charge is -2.51. The standard InChI is InChI=1S/C24H40N2O/c1-16-11-18(3)26-21(13-16)7-5-8-22(26)15-20-12-17(2)14-24-23(20)9-6-10-25(24)19(4)27/h16-18,21-22,24H,5-15H2,1-4H3/t16-,17+,18-,21+,22+,24+/m1/s1. The third kappa shape index (κ3) is 3.86. The molecule has 1 amide bonds. The first kappa shape index (κ1) is 19.5. The van der Waals surface area contributed by atoms with E-state index in [2.05, 4.69) is 30.6 Å². The number of amides is 1. The summed E-state index contributed by atoms with van der Waals surface area (Å²) < 4.78 is 0. The van der Waals surface area contributed by atoms with Gasteiger partial charge in [0.05, 0.1) is 6.04 Å². The number of hydrogen-bond donors (Lipinski definition) is 0. The van der Waals surface area contributed by atoms with Gasteiger partial charge in [-0.3, -0.25) is 9.69 Å². The lowest BCUT2D eigenvalue weighted by atomic mass is 9.73. The number of piperidine rings is 3. The molecule has 3 heterocycles. The molecule has 0 aromatic carbocycles. The Balaban J connectivity index is 1.57. The van der Waals surface area contributed by atoms with Crippen LogP contribution in [0.25, 0.3) is 0 Å². The molecule has 0 saturated carbocycles. The average Bonchev–Trinajstić information content (AvgIpc) is 2.60. The van der Waals surface area contributed by atoms with Gasteiger partial charge in [0.2, 0.25) is 5.91 Å². The van der Waals surface area contributed by atoms with E-state index < -0.39 is 0 Å². The number of hydrogen-bond acceptors (Lipinski definition) is 2. The van der Waals surface area contributed by atoms with Crippen LogP contribution in [0, 0.1) is 11.8 Å². The van der Waals surface area contributed by atoms with Crippen LogP contribution in [-0.4, -0.2) is 46.4 Å². The van der Waals surface area contributed by atoms with Crippen LogP contribution >= 0.6 is 0 Å². The van der Waals surface area contributed by atoms with Crippen LogP contribution in [0.1, 0.15) is 91.9 Å². The first-order chi connectivity index (χ1) is 12.9. The molecule has 1 aliphatic carbocycles. The van der Waals surface area contributed by atoms with E-state index >= 15 is 0 Å². The van der Waals surface area contributed by atoms with E-state index in [4.69, 9.17) is 0 Å². The Morgan fingerprint density at radius 1 is 1.04 bits per heavy atom. The van der Waals surface area contributed by atoms with Crippen molar-refractivity contribution in [3.8, 4) is 0 Å². The third-order valence-corrected chi connectivity index (χ3v) is 8.03. The van der Waals surface area contributed by atoms with Crippen molar-refractivity contribution < 1.29 is 4.79 Å². The second-order valence-corrected chi connectivity index (χ2v) is 10.3. The second-order valence-electron chi connectivity index (χ2n) is 10.3. The van der Waals surface area contributed by atoms with Crippen LogP contribution in [0.2, 0.25) is 0 Å². The summed E-state index contributed by atoms with van der Waals surface area (Å²) in [5.74, 6) is 1.89. The van der Waals surface area contributed by atoms with E-state index in [1.807, 2.05) is 0 Å². The molecule has 6 atom stereocenters. The van der Waals surface area contributed by atoms with E-state index in [1.54, 1.807) is 18.1 Å². The molecule has 0 unspecified atom stereocenters. The van der Waals surface area contributed by atoms with Crippen molar-refractivity contribution in [3.05, 3.63) is 11.1 Å². The zero-order valence-corrected chi connectivity index (χ0v) is 18.0. The number of fused-ring (bicyclic) bond motifs is 2. The van der Waals surface area contributed by atoms with Crippen molar-refractivity contribution in [2.75, 3.05) is 6.54 Å². The lowest BCUT2D eigenvalue weighted by Crippen LogP contribution is -2.55. The second kappa shape index (κ2) is 7.89. The van der Waals surface area contributed by atoms with Crippen LogP contribution in [0.3, 0.4) is 0 Å². The van der Waals surface area contributed by atoms with Crippen LogP contribution < -0.4 is 0 Å². The summed E-state index contributed by atoms with van der Waals surface area (Å²) >= 11 is 0. The average molecular weight is 373 g/mol. The highest BCUT2D eigenvalue weighted by Gasteiger charge is 2.40. The molecular formula is C24H40N2O. The molecule has 0 aromatic heterocycles. The van der Waals surface area contributed by atoms with Gasteiger partial charge in [-0.05, 0) is 82.1 Å². The van der Waals surface area contributed by atoms with Crippen LogP contribution in [-0.2, 0) is 4.79 Å². The van der Waals surface area contributed by atoms with Gasteiger partial charge < -0.3 is 4.90 Å². The molecule has 3 fully saturated rings. The topological polar surface area (TPSA) is 23.6 Å². The van der Waals surface area contributed by atoms with Crippen LogP contribution in [0.15, 0.2) is 11.1 Å². The zero-order chi connectivity index (χ0) is 19.1. The zero-order valence-electron chi connectivity index (χ0n) is 18.0. The van der Waals surface area contributed by atoms with Crippen molar-refractivity contribution in [2.24, 2.45) is 11.8 Å². The van der Waals surface area contributed by atoms with Gasteiger partial charge in [0.1, 0.15) is 0 Å². The Bertz CT molecular complexity index is 597. The van der Waals surface area contributed by atoms with E-state index in [0.29, 0.717) is 12.0 Å². The van der Waals surface area contributed by atoms with Crippen LogP contribution in [0.4, 0.5) is 0 Å². The summed E-state index contributed by atoms with van der Waals surface area (Å²) in [6.07, 6.45) is 13.1. The van der Waals surface area contributed by atoms with Gasteiger partial charge in [-0.1, -0.05) is 25.8 Å². The van der Waals surface area contributed by atoms with E-state index in [9.17, 15) is 4.79 Å². The maximum atomic E-state index is 12.2. The molecule has 0 bridgehead atoms. The number of rotatable bonds is 2. The molecule has 3 saturated heterocycles. The van der Waals surface area contributed by atoms with Crippen molar-refractivity contribution >= 4 is 5.91 Å². The molecule has 27 heavy (non-hydrogen) atoms. The van der Waals surface area contributed by atoms with Gasteiger partial charge in [-0.15, -0.1) is 0 Å². The molecule has 4 rings (SSSR count). The highest BCUT2D eigenvalue weighted by atomic mass is 16.2. The minimum Gasteiger partial charge on any atom is -0.336 e. The summed E-state index contributed by atoms with van der Waals surface area (Å²) in [6.45, 7) is 10.1. The van der Waals surface area contributed by atoms with Gasteiger partial charge in [0.25, 0.3) is 0 Å². The Hall–Kier alpha value is -0.830. The highest BCUT2D eigenvalue weighted by molar-refractivity contribution is 5.74. The highest BCUT2D eigenvalue weighted by Crippen LogP contribution is 2.43. The molecule has 0 radical (unpaired) electrons. The maximum absolute atomic E-state index is 12.2. The molecule has 3 heteroatoms. The van der Waals surface area contributed by atoms with Crippen molar-refractivity contribution in [1.29, 1.82) is 0 Å². The predicted molar refractivity (Wildman–Crippen MR) is 112 cm³/mol. The number of carbonyl (C=O) groups excluding carboxylic acids is 1. The maximum Gasteiger partial charge on any atom is 0.219 e. The summed E-state index contributed by atoms with van der Waals surface area (Å²) in [5, 5.41) is 0. The molecular weight excluding hydrogens is 332 g/mol. The number of nitrogens with zero attached hydrogens (tertiary/aromatic N) is 2. The van der Waals surface area contributed by atoms with E-state index in [-0.39, 0.29) is 5.91 Å². The number of carbonyl (C=O) groups is 1. The predicted octanol–water partition coefficient (Wildman–Crippen LogP) is 5.16. The Morgan fingerprint density at radius 2 is 1.85 bits per heavy atom. The molecule has 0 aromatic rings. The van der Waals surface area contributed by atoms with Crippen molar-refractivity contribution in [1.82, 2.24) is 9.80 Å². The third-order valence-electron chi connectivity index (χ3n) is 8.03. The minimum atomic E-state index is 0.280. The number of likely N-dealkylation sites (tertiary alicyclic amines) is 1. The Morgan fingerprint density at radius 3 is 2.63 bits per heavy atom.